The highest BCUT2D eigenvalue weighted by atomic mass is 15.2. The van der Waals surface area contributed by atoms with Gasteiger partial charge in [-0.25, -0.2) is 9.97 Å². The van der Waals surface area contributed by atoms with Crippen LogP contribution in [0.1, 0.15) is 18.7 Å². The summed E-state index contributed by atoms with van der Waals surface area (Å²) in [6, 6.07) is 2.42. The van der Waals surface area contributed by atoms with Gasteiger partial charge in [0.1, 0.15) is 11.6 Å². The Morgan fingerprint density at radius 1 is 1.31 bits per heavy atom. The minimum Gasteiger partial charge on any atom is -0.356 e. The first kappa shape index (κ1) is 10.0. The molecule has 2 N–H and O–H groups in total. The molecule has 4 nitrogen and oxygen atoms in total. The smallest absolute Gasteiger partial charge is 0.132 e. The van der Waals surface area contributed by atoms with E-state index in [0.29, 0.717) is 17.9 Å². The van der Waals surface area contributed by atoms with Gasteiger partial charge in [0.2, 0.25) is 0 Å². The van der Waals surface area contributed by atoms with E-state index in [1.807, 2.05) is 19.2 Å². The average Bonchev–Trinajstić information content (AvgIpc) is 2.53. The Labute approximate surface area is 95.9 Å². The largest absolute Gasteiger partial charge is 0.356 e. The fourth-order valence-electron chi connectivity index (χ4n) is 3.07. The van der Waals surface area contributed by atoms with Crippen LogP contribution in [0, 0.1) is 18.8 Å². The standard InChI is InChI=1S/C12H18N4/c1-8-14-5-4-11(15-8)16-6-9-2-3-10(7-16)12(9)13/h4-5,9-10,12H,2-3,6-7,13H2,1H3/t9-,10+,12?. The van der Waals surface area contributed by atoms with Crippen LogP contribution in [0.3, 0.4) is 0 Å². The van der Waals surface area contributed by atoms with E-state index in [1.54, 1.807) is 0 Å². The van der Waals surface area contributed by atoms with Crippen molar-refractivity contribution in [1.82, 2.24) is 9.97 Å². The highest BCUT2D eigenvalue weighted by Crippen LogP contribution is 2.36. The van der Waals surface area contributed by atoms with Crippen molar-refractivity contribution in [3.63, 3.8) is 0 Å². The van der Waals surface area contributed by atoms with Crippen LogP contribution >= 0.6 is 0 Å². The molecule has 1 aliphatic heterocycles. The Bertz CT molecular complexity index is 378. The zero-order chi connectivity index (χ0) is 11.1. The number of piperidine rings is 1. The summed E-state index contributed by atoms with van der Waals surface area (Å²) in [5, 5.41) is 0. The van der Waals surface area contributed by atoms with Crippen LogP contribution in [0.15, 0.2) is 12.3 Å². The molecule has 2 fully saturated rings. The monoisotopic (exact) mass is 218 g/mol. The third-order valence-corrected chi connectivity index (χ3v) is 3.99. The molecule has 1 saturated heterocycles. The van der Waals surface area contributed by atoms with Crippen molar-refractivity contribution in [3.8, 4) is 0 Å². The minimum absolute atomic E-state index is 0.416. The summed E-state index contributed by atoms with van der Waals surface area (Å²) in [5.74, 6) is 3.24. The van der Waals surface area contributed by atoms with Gasteiger partial charge in [-0.1, -0.05) is 0 Å². The molecule has 1 saturated carbocycles. The second-order valence-corrected chi connectivity index (χ2v) is 5.04. The lowest BCUT2D eigenvalue weighted by Crippen LogP contribution is -2.49. The SMILES string of the molecule is Cc1nccc(N2C[C@H]3CC[C@@H](C2)C3N)n1. The number of fused-ring (bicyclic) bond motifs is 2. The van der Waals surface area contributed by atoms with Crippen LogP contribution in [-0.4, -0.2) is 29.1 Å². The van der Waals surface area contributed by atoms with E-state index in [1.165, 1.54) is 12.8 Å². The zero-order valence-electron chi connectivity index (χ0n) is 9.63. The highest BCUT2D eigenvalue weighted by Gasteiger charge is 2.40. The topological polar surface area (TPSA) is 55.0 Å². The predicted octanol–water partition coefficient (Wildman–Crippen LogP) is 0.959. The predicted molar refractivity (Wildman–Crippen MR) is 63.2 cm³/mol. The molecule has 2 heterocycles. The van der Waals surface area contributed by atoms with Crippen LogP contribution in [-0.2, 0) is 0 Å². The third-order valence-electron chi connectivity index (χ3n) is 3.99. The molecular formula is C12H18N4. The fraction of sp³-hybridized carbons (Fsp3) is 0.667. The van der Waals surface area contributed by atoms with Crippen molar-refractivity contribution in [2.45, 2.75) is 25.8 Å². The van der Waals surface area contributed by atoms with Crippen molar-refractivity contribution >= 4 is 5.82 Å². The average molecular weight is 218 g/mol. The second-order valence-electron chi connectivity index (χ2n) is 5.04. The Morgan fingerprint density at radius 3 is 2.62 bits per heavy atom. The first-order chi connectivity index (χ1) is 7.74. The van der Waals surface area contributed by atoms with Gasteiger partial charge < -0.3 is 10.6 Å². The number of hydrogen-bond acceptors (Lipinski definition) is 4. The molecule has 2 bridgehead atoms. The molecule has 2 aliphatic rings. The van der Waals surface area contributed by atoms with Crippen molar-refractivity contribution in [2.24, 2.45) is 17.6 Å². The molecule has 1 aliphatic carbocycles. The third kappa shape index (κ3) is 1.57. The Hall–Kier alpha value is -1.16. The molecule has 86 valence electrons. The number of aromatic nitrogens is 2. The fourth-order valence-corrected chi connectivity index (χ4v) is 3.07. The maximum atomic E-state index is 6.20. The van der Waals surface area contributed by atoms with Crippen LogP contribution in [0.5, 0.6) is 0 Å². The molecule has 3 rings (SSSR count). The summed E-state index contributed by atoms with van der Waals surface area (Å²) in [7, 11) is 0. The van der Waals surface area contributed by atoms with Gasteiger partial charge in [0.15, 0.2) is 0 Å². The van der Waals surface area contributed by atoms with E-state index in [4.69, 9.17) is 5.73 Å². The summed E-state index contributed by atoms with van der Waals surface area (Å²) >= 11 is 0. The molecule has 0 radical (unpaired) electrons. The molecular weight excluding hydrogens is 200 g/mol. The summed E-state index contributed by atoms with van der Waals surface area (Å²) in [5.41, 5.74) is 6.20. The number of anilines is 1. The number of nitrogens with two attached hydrogens (primary N) is 1. The zero-order valence-corrected chi connectivity index (χ0v) is 9.63. The Kier molecular flexibility index (Phi) is 2.32. The van der Waals surface area contributed by atoms with Crippen molar-refractivity contribution in [1.29, 1.82) is 0 Å². The number of hydrogen-bond donors (Lipinski definition) is 1. The summed E-state index contributed by atoms with van der Waals surface area (Å²) in [6.45, 7) is 4.07. The quantitative estimate of drug-likeness (QED) is 0.762. The van der Waals surface area contributed by atoms with Crippen LogP contribution in [0.4, 0.5) is 5.82 Å². The number of nitrogens with zero attached hydrogens (tertiary/aromatic N) is 3. The van der Waals surface area contributed by atoms with E-state index >= 15 is 0 Å². The number of rotatable bonds is 1. The van der Waals surface area contributed by atoms with Crippen LogP contribution < -0.4 is 10.6 Å². The lowest BCUT2D eigenvalue weighted by molar-refractivity contribution is 0.355. The van der Waals surface area contributed by atoms with E-state index in [2.05, 4.69) is 14.9 Å². The van der Waals surface area contributed by atoms with Crippen LogP contribution in [0.2, 0.25) is 0 Å². The summed E-state index contributed by atoms with van der Waals surface area (Å²) in [4.78, 5) is 11.0. The van der Waals surface area contributed by atoms with Gasteiger partial charge in [-0.3, -0.25) is 0 Å². The lowest BCUT2D eigenvalue weighted by Gasteiger charge is -2.36. The number of aryl methyl sites for hydroxylation is 1. The molecule has 1 aromatic rings. The van der Waals surface area contributed by atoms with Gasteiger partial charge >= 0.3 is 0 Å². The highest BCUT2D eigenvalue weighted by molar-refractivity contribution is 5.39. The van der Waals surface area contributed by atoms with Crippen molar-refractivity contribution in [3.05, 3.63) is 18.1 Å². The molecule has 0 amide bonds. The van der Waals surface area contributed by atoms with Gasteiger partial charge in [-0.05, 0) is 37.7 Å². The van der Waals surface area contributed by atoms with Gasteiger partial charge in [0.05, 0.1) is 0 Å². The summed E-state index contributed by atoms with van der Waals surface area (Å²) < 4.78 is 0. The molecule has 16 heavy (non-hydrogen) atoms. The van der Waals surface area contributed by atoms with E-state index in [9.17, 15) is 0 Å². The van der Waals surface area contributed by atoms with Crippen molar-refractivity contribution < 1.29 is 0 Å². The maximum absolute atomic E-state index is 6.20. The molecule has 0 aromatic carbocycles. The van der Waals surface area contributed by atoms with Gasteiger partial charge in [-0.15, -0.1) is 0 Å². The molecule has 3 atom stereocenters. The normalized spacial score (nSPS) is 33.1. The van der Waals surface area contributed by atoms with Crippen LogP contribution in [0.25, 0.3) is 0 Å². The molecule has 1 unspecified atom stereocenters. The first-order valence-electron chi connectivity index (χ1n) is 6.04. The second kappa shape index (κ2) is 3.70. The lowest BCUT2D eigenvalue weighted by atomic mass is 9.93. The summed E-state index contributed by atoms with van der Waals surface area (Å²) in [6.07, 6.45) is 4.41. The Balaban J connectivity index is 1.83. The van der Waals surface area contributed by atoms with Gasteiger partial charge in [-0.2, -0.15) is 0 Å². The molecule has 4 heteroatoms. The van der Waals surface area contributed by atoms with E-state index in [0.717, 1.165) is 24.7 Å². The van der Waals surface area contributed by atoms with Gasteiger partial charge in [0.25, 0.3) is 0 Å². The maximum Gasteiger partial charge on any atom is 0.132 e. The molecule has 1 aromatic heterocycles. The van der Waals surface area contributed by atoms with Gasteiger partial charge in [0, 0.05) is 25.3 Å². The van der Waals surface area contributed by atoms with Crippen molar-refractivity contribution in [2.75, 3.05) is 18.0 Å². The minimum atomic E-state index is 0.416. The molecule has 0 spiro atoms. The van der Waals surface area contributed by atoms with E-state index < -0.39 is 0 Å². The van der Waals surface area contributed by atoms with E-state index in [-0.39, 0.29) is 0 Å². The Morgan fingerprint density at radius 2 is 2.00 bits per heavy atom. The first-order valence-corrected chi connectivity index (χ1v) is 6.04.